The lowest BCUT2D eigenvalue weighted by atomic mass is 10.1. The number of rotatable bonds is 0. The smallest absolute Gasteiger partial charge is 0.308 e. The molecule has 0 aliphatic carbocycles. The van der Waals surface area contributed by atoms with Gasteiger partial charge in [0.05, 0.1) is 0 Å². The molecule has 0 aromatic heterocycles. The van der Waals surface area contributed by atoms with Gasteiger partial charge in [-0.05, 0) is 0 Å². The summed E-state index contributed by atoms with van der Waals surface area (Å²) < 4.78 is 0. The van der Waals surface area contributed by atoms with Crippen LogP contribution in [0.4, 0.5) is 0 Å². The number of hydrazine groups is 1. The van der Waals surface area contributed by atoms with Gasteiger partial charge in [0.2, 0.25) is 0 Å². The van der Waals surface area contributed by atoms with Crippen LogP contribution in [0.25, 0.3) is 0 Å². The van der Waals surface area contributed by atoms with Gasteiger partial charge in [-0.3, -0.25) is 11.7 Å². The molecule has 0 aliphatic heterocycles. The Bertz CT molecular complexity index is 18.3. The SMILES string of the molecule is CB(O)P.NN. The molecule has 1 atom stereocenters. The van der Waals surface area contributed by atoms with Crippen molar-refractivity contribution >= 4 is 15.8 Å². The predicted octanol–water partition coefficient (Wildman–Crippen LogP) is -1.21. The van der Waals surface area contributed by atoms with E-state index in [0.717, 1.165) is 0 Å². The van der Waals surface area contributed by atoms with E-state index in [1.807, 2.05) is 0 Å². The van der Waals surface area contributed by atoms with Crippen molar-refractivity contribution in [1.29, 1.82) is 0 Å². The topological polar surface area (TPSA) is 72.3 Å². The van der Waals surface area contributed by atoms with Crippen LogP contribution >= 0.6 is 9.12 Å². The average Bonchev–Trinajstić information content (AvgIpc) is 1.41. The van der Waals surface area contributed by atoms with E-state index in [4.69, 9.17) is 5.02 Å². The number of hydrogen-bond donors (Lipinski definition) is 3. The van der Waals surface area contributed by atoms with Crippen LogP contribution in [0.5, 0.6) is 0 Å². The minimum atomic E-state index is -0.250. The summed E-state index contributed by atoms with van der Waals surface area (Å²) in [6.45, 7) is 1.44. The molecule has 0 radical (unpaired) electrons. The number of nitrogens with two attached hydrogens (primary N) is 2. The first-order chi connectivity index (χ1) is 2.73. The molecule has 0 aromatic carbocycles. The van der Waals surface area contributed by atoms with Gasteiger partial charge < -0.3 is 5.02 Å². The molecule has 0 heterocycles. The van der Waals surface area contributed by atoms with E-state index in [2.05, 4.69) is 20.8 Å². The molecule has 0 aromatic rings. The molecule has 0 bridgehead atoms. The van der Waals surface area contributed by atoms with Gasteiger partial charge in [-0.1, -0.05) is 6.82 Å². The average molecular weight is 108 g/mol. The molecule has 0 amide bonds. The lowest BCUT2D eigenvalue weighted by Gasteiger charge is -1.72. The third kappa shape index (κ3) is 354. The summed E-state index contributed by atoms with van der Waals surface area (Å²) in [7, 11) is 2.21. The normalized spacial score (nSPS) is 5.50. The number of hydrogen-bond acceptors (Lipinski definition) is 3. The molecule has 0 saturated carbocycles. The second-order valence-electron chi connectivity index (χ2n) is 0.741. The molecule has 0 fully saturated rings. The van der Waals surface area contributed by atoms with Crippen molar-refractivity contribution in [2.75, 3.05) is 0 Å². The molecular formula is CH10BN2OP. The van der Waals surface area contributed by atoms with Gasteiger partial charge in [0.1, 0.15) is 0 Å². The van der Waals surface area contributed by atoms with E-state index >= 15 is 0 Å². The second-order valence-corrected chi connectivity index (χ2v) is 1.71. The van der Waals surface area contributed by atoms with Crippen LogP contribution in [0, 0.1) is 0 Å². The minimum absolute atomic E-state index is 0.250. The van der Waals surface area contributed by atoms with E-state index in [1.165, 1.54) is 0 Å². The zero-order valence-electron chi connectivity index (χ0n) is 3.76. The Morgan fingerprint density at radius 1 is 1.67 bits per heavy atom. The van der Waals surface area contributed by atoms with Crippen molar-refractivity contribution in [3.8, 4) is 0 Å². The maximum Gasteiger partial charge on any atom is 0.308 e. The molecule has 0 spiro atoms. The zero-order chi connectivity index (χ0) is 5.58. The van der Waals surface area contributed by atoms with Crippen molar-refractivity contribution in [2.24, 2.45) is 11.7 Å². The van der Waals surface area contributed by atoms with Gasteiger partial charge >= 0.3 is 6.64 Å². The van der Waals surface area contributed by atoms with Crippen molar-refractivity contribution in [2.45, 2.75) is 6.82 Å². The van der Waals surface area contributed by atoms with Crippen LogP contribution < -0.4 is 11.7 Å². The fourth-order valence-electron chi connectivity index (χ4n) is 0. The molecule has 0 aliphatic rings. The van der Waals surface area contributed by atoms with Gasteiger partial charge in [0.15, 0.2) is 0 Å². The second kappa shape index (κ2) is 9.03. The molecule has 5 N–H and O–H groups in total. The van der Waals surface area contributed by atoms with Gasteiger partial charge in [0.25, 0.3) is 0 Å². The summed E-state index contributed by atoms with van der Waals surface area (Å²) in [5.41, 5.74) is 0. The molecular weight excluding hydrogens is 97.8 g/mol. The van der Waals surface area contributed by atoms with Crippen LogP contribution in [-0.4, -0.2) is 11.7 Å². The Balaban J connectivity index is 0. The standard InChI is InChI=1S/CH6BOP.H4N2/c1-2(3)4;1-2/h3H,4H2,1H3;1-2H2. The summed E-state index contributed by atoms with van der Waals surface area (Å²) >= 11 is 0. The van der Waals surface area contributed by atoms with Crippen molar-refractivity contribution in [1.82, 2.24) is 0 Å². The highest BCUT2D eigenvalue weighted by Gasteiger charge is 1.81. The van der Waals surface area contributed by atoms with Gasteiger partial charge in [-0.2, -0.15) is 0 Å². The maximum absolute atomic E-state index is 8.02. The Morgan fingerprint density at radius 3 is 1.67 bits per heavy atom. The largest absolute Gasteiger partial charge is 0.447 e. The predicted molar refractivity (Wildman–Crippen MR) is 31.9 cm³/mol. The molecule has 1 unspecified atom stereocenters. The molecule has 6 heavy (non-hydrogen) atoms. The summed E-state index contributed by atoms with van der Waals surface area (Å²) in [5.74, 6) is 8.00. The first kappa shape index (κ1) is 9.62. The van der Waals surface area contributed by atoms with Crippen LogP contribution in [0.1, 0.15) is 0 Å². The summed E-state index contributed by atoms with van der Waals surface area (Å²) in [6, 6.07) is 0. The van der Waals surface area contributed by atoms with Crippen LogP contribution in [0.3, 0.4) is 0 Å². The molecule has 38 valence electrons. The Labute approximate surface area is 40.3 Å². The molecule has 3 nitrogen and oxygen atoms in total. The Hall–Kier alpha value is 0.375. The van der Waals surface area contributed by atoms with Crippen molar-refractivity contribution < 1.29 is 5.02 Å². The van der Waals surface area contributed by atoms with Gasteiger partial charge in [0, 0.05) is 0 Å². The molecule has 5 heteroatoms. The molecule has 0 rings (SSSR count). The lowest BCUT2D eigenvalue weighted by Crippen LogP contribution is -2.02. The Kier molecular flexibility index (Phi) is 14.5. The maximum atomic E-state index is 8.02. The van der Waals surface area contributed by atoms with Crippen molar-refractivity contribution in [3.05, 3.63) is 0 Å². The third-order valence-electron chi connectivity index (χ3n) is 0. The highest BCUT2D eigenvalue weighted by atomic mass is 31.0. The third-order valence-corrected chi connectivity index (χ3v) is 0. The summed E-state index contributed by atoms with van der Waals surface area (Å²) in [6.07, 6.45) is 0. The first-order valence-electron chi connectivity index (χ1n) is 1.50. The van der Waals surface area contributed by atoms with Gasteiger partial charge in [-0.25, -0.2) is 0 Å². The quantitative estimate of drug-likeness (QED) is 0.158. The monoisotopic (exact) mass is 108 g/mol. The first-order valence-corrected chi connectivity index (χ1v) is 2.17. The summed E-state index contributed by atoms with van der Waals surface area (Å²) in [5, 5.41) is 8.02. The minimum Gasteiger partial charge on any atom is -0.447 e. The van der Waals surface area contributed by atoms with E-state index < -0.39 is 0 Å². The van der Waals surface area contributed by atoms with Crippen LogP contribution in [-0.2, 0) is 0 Å². The highest BCUT2D eigenvalue weighted by Crippen LogP contribution is 1.80. The lowest BCUT2D eigenvalue weighted by molar-refractivity contribution is 0.603. The fourth-order valence-corrected chi connectivity index (χ4v) is 0. The van der Waals surface area contributed by atoms with E-state index in [9.17, 15) is 0 Å². The fraction of sp³-hybridized carbons (Fsp3) is 1.00. The van der Waals surface area contributed by atoms with Crippen molar-refractivity contribution in [3.63, 3.8) is 0 Å². The Morgan fingerprint density at radius 2 is 1.67 bits per heavy atom. The highest BCUT2D eigenvalue weighted by molar-refractivity contribution is 7.59. The molecule has 0 saturated heterocycles. The van der Waals surface area contributed by atoms with Crippen LogP contribution in [0.15, 0.2) is 0 Å². The zero-order valence-corrected chi connectivity index (χ0v) is 4.91. The van der Waals surface area contributed by atoms with Crippen LogP contribution in [0.2, 0.25) is 6.82 Å². The van der Waals surface area contributed by atoms with E-state index in [0.29, 0.717) is 0 Å². The van der Waals surface area contributed by atoms with E-state index in [-0.39, 0.29) is 6.64 Å². The summed E-state index contributed by atoms with van der Waals surface area (Å²) in [4.78, 5) is 0. The van der Waals surface area contributed by atoms with E-state index in [1.54, 1.807) is 6.82 Å². The van der Waals surface area contributed by atoms with Gasteiger partial charge in [-0.15, -0.1) is 9.12 Å².